The summed E-state index contributed by atoms with van der Waals surface area (Å²) in [7, 11) is 2.92. The molecule has 4 nitrogen and oxygen atoms in total. The average molecular weight is 215 g/mol. The van der Waals surface area contributed by atoms with Crippen LogP contribution >= 0.6 is 11.6 Å². The maximum atomic E-state index is 11.6. The highest BCUT2D eigenvalue weighted by Crippen LogP contribution is 2.17. The molecule has 0 spiro atoms. The topological polar surface area (TPSA) is 42.4 Å². The van der Waals surface area contributed by atoms with Gasteiger partial charge in [-0.3, -0.25) is 14.6 Å². The van der Waals surface area contributed by atoms with Crippen LogP contribution < -0.4 is 0 Å². The van der Waals surface area contributed by atoms with Gasteiger partial charge in [0.2, 0.25) is 0 Å². The van der Waals surface area contributed by atoms with Crippen LogP contribution in [0.3, 0.4) is 0 Å². The summed E-state index contributed by atoms with van der Waals surface area (Å²) in [4.78, 5) is 20.3. The number of amides is 1. The van der Waals surface area contributed by atoms with Crippen molar-refractivity contribution >= 4 is 17.5 Å². The lowest BCUT2D eigenvalue weighted by Gasteiger charge is -2.14. The lowest BCUT2D eigenvalue weighted by Crippen LogP contribution is -2.25. The Kier molecular flexibility index (Phi) is 3.43. The highest BCUT2D eigenvalue weighted by molar-refractivity contribution is 6.33. The second-order valence-corrected chi connectivity index (χ2v) is 3.20. The van der Waals surface area contributed by atoms with Crippen LogP contribution in [0.25, 0.3) is 0 Å². The largest absolute Gasteiger partial charge is 0.280 e. The molecule has 0 fully saturated rings. The summed E-state index contributed by atoms with van der Waals surface area (Å²) >= 11 is 5.88. The van der Waals surface area contributed by atoms with Crippen molar-refractivity contribution in [2.45, 2.75) is 6.92 Å². The molecule has 0 aliphatic carbocycles. The summed E-state index contributed by atoms with van der Waals surface area (Å²) in [5.74, 6) is -0.315. The molecule has 1 heterocycles. The lowest BCUT2D eigenvalue weighted by atomic mass is 10.2. The van der Waals surface area contributed by atoms with Crippen LogP contribution in [0.4, 0.5) is 0 Å². The van der Waals surface area contributed by atoms with Gasteiger partial charge in [-0.1, -0.05) is 11.6 Å². The minimum atomic E-state index is -0.315. The van der Waals surface area contributed by atoms with E-state index in [0.29, 0.717) is 10.6 Å². The van der Waals surface area contributed by atoms with Gasteiger partial charge in [0.05, 0.1) is 17.7 Å². The minimum absolute atomic E-state index is 0.315. The van der Waals surface area contributed by atoms with E-state index in [1.165, 1.54) is 20.4 Å². The first kappa shape index (κ1) is 10.9. The highest BCUT2D eigenvalue weighted by Gasteiger charge is 2.15. The van der Waals surface area contributed by atoms with Crippen molar-refractivity contribution in [2.24, 2.45) is 0 Å². The molecular weight excluding hydrogens is 204 g/mol. The summed E-state index contributed by atoms with van der Waals surface area (Å²) in [5.41, 5.74) is 1.10. The van der Waals surface area contributed by atoms with Crippen LogP contribution in [0.5, 0.6) is 0 Å². The van der Waals surface area contributed by atoms with E-state index in [-0.39, 0.29) is 5.91 Å². The molecular formula is C9H11ClN2O2. The molecule has 0 bridgehead atoms. The number of aryl methyl sites for hydroxylation is 1. The Hall–Kier alpha value is -1.13. The van der Waals surface area contributed by atoms with E-state index in [9.17, 15) is 4.79 Å². The van der Waals surface area contributed by atoms with Gasteiger partial charge in [0.15, 0.2) is 0 Å². The molecule has 1 aromatic heterocycles. The van der Waals surface area contributed by atoms with Gasteiger partial charge in [0.1, 0.15) is 0 Å². The first-order valence-corrected chi connectivity index (χ1v) is 4.38. The van der Waals surface area contributed by atoms with Crippen LogP contribution in [0.15, 0.2) is 12.3 Å². The SMILES string of the molecule is CON(C)C(=O)c1cnc(C)cc1Cl. The Labute approximate surface area is 87.4 Å². The van der Waals surface area contributed by atoms with Crippen molar-refractivity contribution in [1.82, 2.24) is 10.0 Å². The third-order valence-electron chi connectivity index (χ3n) is 1.78. The van der Waals surface area contributed by atoms with Gasteiger partial charge in [-0.2, -0.15) is 0 Å². The van der Waals surface area contributed by atoms with Gasteiger partial charge in [0.25, 0.3) is 5.91 Å². The third kappa shape index (κ3) is 2.21. The molecule has 5 heteroatoms. The fraction of sp³-hybridized carbons (Fsp3) is 0.333. The van der Waals surface area contributed by atoms with Crippen LogP contribution in [0.2, 0.25) is 5.02 Å². The Balaban J connectivity index is 3.02. The molecule has 0 aromatic carbocycles. The zero-order valence-corrected chi connectivity index (χ0v) is 9.00. The van der Waals surface area contributed by atoms with Crippen LogP contribution in [-0.4, -0.2) is 30.1 Å². The number of hydroxylamine groups is 2. The molecule has 0 saturated carbocycles. The molecule has 76 valence electrons. The molecule has 0 aliphatic heterocycles. The second kappa shape index (κ2) is 4.39. The first-order chi connectivity index (χ1) is 6.56. The second-order valence-electron chi connectivity index (χ2n) is 2.79. The van der Waals surface area contributed by atoms with Crippen molar-refractivity contribution in [2.75, 3.05) is 14.2 Å². The van der Waals surface area contributed by atoms with E-state index in [1.54, 1.807) is 13.0 Å². The molecule has 0 radical (unpaired) electrons. The highest BCUT2D eigenvalue weighted by atomic mass is 35.5. The summed E-state index contributed by atoms with van der Waals surface area (Å²) < 4.78 is 0. The maximum absolute atomic E-state index is 11.6. The number of aromatic nitrogens is 1. The molecule has 1 aromatic rings. The predicted octanol–water partition coefficient (Wildman–Crippen LogP) is 1.68. The fourth-order valence-corrected chi connectivity index (χ4v) is 1.22. The number of rotatable bonds is 2. The van der Waals surface area contributed by atoms with Crippen LogP contribution in [0.1, 0.15) is 16.1 Å². The number of nitrogens with zero attached hydrogens (tertiary/aromatic N) is 2. The molecule has 0 atom stereocenters. The van der Waals surface area contributed by atoms with E-state index in [0.717, 1.165) is 10.8 Å². The lowest BCUT2D eigenvalue weighted by molar-refractivity contribution is -0.0757. The zero-order valence-electron chi connectivity index (χ0n) is 8.24. The Morgan fingerprint density at radius 3 is 2.79 bits per heavy atom. The van der Waals surface area contributed by atoms with Gasteiger partial charge in [-0.15, -0.1) is 0 Å². The fourth-order valence-electron chi connectivity index (χ4n) is 0.936. The number of halogens is 1. The molecule has 14 heavy (non-hydrogen) atoms. The number of carbonyl (C=O) groups excluding carboxylic acids is 1. The Bertz CT molecular complexity index is 355. The molecule has 0 unspecified atom stereocenters. The zero-order chi connectivity index (χ0) is 10.7. The van der Waals surface area contributed by atoms with E-state index in [2.05, 4.69) is 4.98 Å². The Morgan fingerprint density at radius 2 is 2.29 bits per heavy atom. The minimum Gasteiger partial charge on any atom is -0.274 e. The normalized spacial score (nSPS) is 10.0. The van der Waals surface area contributed by atoms with Crippen molar-refractivity contribution in [3.63, 3.8) is 0 Å². The van der Waals surface area contributed by atoms with Crippen molar-refractivity contribution in [3.05, 3.63) is 28.5 Å². The van der Waals surface area contributed by atoms with Crippen molar-refractivity contribution in [1.29, 1.82) is 0 Å². The third-order valence-corrected chi connectivity index (χ3v) is 2.09. The molecule has 0 saturated heterocycles. The van der Waals surface area contributed by atoms with Crippen LogP contribution in [-0.2, 0) is 4.84 Å². The molecule has 1 rings (SSSR count). The van der Waals surface area contributed by atoms with Gasteiger partial charge in [-0.25, -0.2) is 5.06 Å². The smallest absolute Gasteiger partial charge is 0.274 e. The summed E-state index contributed by atoms with van der Waals surface area (Å²) in [5, 5.41) is 1.48. The molecule has 1 amide bonds. The monoisotopic (exact) mass is 214 g/mol. The summed E-state index contributed by atoms with van der Waals surface area (Å²) in [6.45, 7) is 1.81. The summed E-state index contributed by atoms with van der Waals surface area (Å²) in [6, 6.07) is 1.64. The maximum Gasteiger partial charge on any atom is 0.280 e. The van der Waals surface area contributed by atoms with Gasteiger partial charge in [0, 0.05) is 18.9 Å². The van der Waals surface area contributed by atoms with E-state index >= 15 is 0 Å². The van der Waals surface area contributed by atoms with E-state index in [1.807, 2.05) is 0 Å². The van der Waals surface area contributed by atoms with Crippen LogP contribution in [0, 0.1) is 6.92 Å². The van der Waals surface area contributed by atoms with Gasteiger partial charge >= 0.3 is 0 Å². The van der Waals surface area contributed by atoms with Gasteiger partial charge < -0.3 is 0 Å². The predicted molar refractivity (Wildman–Crippen MR) is 53.1 cm³/mol. The van der Waals surface area contributed by atoms with Crippen molar-refractivity contribution < 1.29 is 9.63 Å². The Morgan fingerprint density at radius 1 is 1.64 bits per heavy atom. The first-order valence-electron chi connectivity index (χ1n) is 4.00. The van der Waals surface area contributed by atoms with E-state index in [4.69, 9.17) is 16.4 Å². The number of pyridine rings is 1. The quantitative estimate of drug-likeness (QED) is 0.704. The molecule has 0 N–H and O–H groups in total. The standard InChI is InChI=1S/C9H11ClN2O2/c1-6-4-8(10)7(5-11-6)9(13)12(2)14-3/h4-5H,1-3H3. The molecule has 0 aliphatic rings. The number of hydrogen-bond acceptors (Lipinski definition) is 3. The van der Waals surface area contributed by atoms with Crippen molar-refractivity contribution in [3.8, 4) is 0 Å². The average Bonchev–Trinajstić information content (AvgIpc) is 2.15. The van der Waals surface area contributed by atoms with E-state index < -0.39 is 0 Å². The summed E-state index contributed by atoms with van der Waals surface area (Å²) in [6.07, 6.45) is 1.44. The number of hydrogen-bond donors (Lipinski definition) is 0. The van der Waals surface area contributed by atoms with Gasteiger partial charge in [-0.05, 0) is 13.0 Å². The number of carbonyl (C=O) groups is 1.